The van der Waals surface area contributed by atoms with Crippen molar-refractivity contribution in [1.29, 1.82) is 0 Å². The summed E-state index contributed by atoms with van der Waals surface area (Å²) >= 11 is 0. The molecule has 14 heavy (non-hydrogen) atoms. The van der Waals surface area contributed by atoms with E-state index in [-0.39, 0.29) is 9.52 Å². The summed E-state index contributed by atoms with van der Waals surface area (Å²) in [4.78, 5) is 0. The third kappa shape index (κ3) is 5.26. The minimum Gasteiger partial charge on any atom is -0.374 e. The Morgan fingerprint density at radius 1 is 0.929 bits per heavy atom. The van der Waals surface area contributed by atoms with Crippen LogP contribution in [0.15, 0.2) is 0 Å². The highest BCUT2D eigenvalue weighted by atomic mass is 28.4. The summed E-state index contributed by atoms with van der Waals surface area (Å²) in [6.45, 7) is 10.4. The minimum atomic E-state index is -2.28. The lowest BCUT2D eigenvalue weighted by molar-refractivity contribution is 0.0726. The van der Waals surface area contributed by atoms with E-state index in [1.807, 2.05) is 20.8 Å². The summed E-state index contributed by atoms with van der Waals surface area (Å²) in [6, 6.07) is 2.26. The molecule has 0 saturated heterocycles. The fraction of sp³-hybridized carbons (Fsp3) is 1.00. The zero-order valence-electron chi connectivity index (χ0n) is 9.97. The summed E-state index contributed by atoms with van der Waals surface area (Å²) in [7, 11) is -2.20. The summed E-state index contributed by atoms with van der Waals surface area (Å²) in [5, 5.41) is 0. The van der Waals surface area contributed by atoms with E-state index in [4.69, 9.17) is 13.3 Å². The van der Waals surface area contributed by atoms with Crippen molar-refractivity contribution < 1.29 is 13.3 Å². The molecular weight excluding hydrogens is 212 g/mol. The molecule has 0 amide bonds. The van der Waals surface area contributed by atoms with E-state index in [0.29, 0.717) is 19.8 Å². The van der Waals surface area contributed by atoms with Crippen LogP contribution in [0.1, 0.15) is 20.8 Å². The first-order valence-corrected chi connectivity index (χ1v) is 10.0. The fourth-order valence-corrected chi connectivity index (χ4v) is 6.54. The van der Waals surface area contributed by atoms with Crippen molar-refractivity contribution in [2.75, 3.05) is 19.8 Å². The van der Waals surface area contributed by atoms with Crippen LogP contribution in [0.2, 0.25) is 18.6 Å². The van der Waals surface area contributed by atoms with Gasteiger partial charge in [-0.3, -0.25) is 0 Å². The first kappa shape index (κ1) is 14.3. The standard InChI is InChI=1S/C9H24O3Si2/c1-5-10-14(11-6-2,12-7-3)9-8-13-4/h5-9,13H2,1-4H3. The molecule has 0 aliphatic rings. The molecule has 0 N–H and O–H groups in total. The van der Waals surface area contributed by atoms with Gasteiger partial charge < -0.3 is 13.3 Å². The minimum absolute atomic E-state index is 0.0780. The van der Waals surface area contributed by atoms with Gasteiger partial charge in [0, 0.05) is 35.4 Å². The second-order valence-corrected chi connectivity index (χ2v) is 7.52. The van der Waals surface area contributed by atoms with Gasteiger partial charge in [0.25, 0.3) is 0 Å². The molecule has 0 aromatic rings. The molecule has 0 aromatic heterocycles. The quantitative estimate of drug-likeness (QED) is 0.570. The molecule has 5 heteroatoms. The molecule has 0 radical (unpaired) electrons. The lowest BCUT2D eigenvalue weighted by Crippen LogP contribution is -2.46. The summed E-state index contributed by atoms with van der Waals surface area (Å²) < 4.78 is 17.2. The van der Waals surface area contributed by atoms with E-state index in [9.17, 15) is 0 Å². The van der Waals surface area contributed by atoms with E-state index in [2.05, 4.69) is 6.55 Å². The average Bonchev–Trinajstić information content (AvgIpc) is 2.16. The van der Waals surface area contributed by atoms with Crippen LogP contribution in [0.25, 0.3) is 0 Å². The Morgan fingerprint density at radius 2 is 1.36 bits per heavy atom. The molecule has 0 aliphatic heterocycles. The van der Waals surface area contributed by atoms with Crippen molar-refractivity contribution in [2.45, 2.75) is 39.4 Å². The first-order chi connectivity index (χ1) is 6.74. The number of hydrogen-bond donors (Lipinski definition) is 0. The Labute approximate surface area is 91.3 Å². The Bertz CT molecular complexity index is 116. The highest BCUT2D eigenvalue weighted by molar-refractivity contribution is 6.62. The zero-order chi connectivity index (χ0) is 10.9. The van der Waals surface area contributed by atoms with Gasteiger partial charge in [-0.15, -0.1) is 0 Å². The molecule has 0 bridgehead atoms. The van der Waals surface area contributed by atoms with Crippen LogP contribution in [-0.2, 0) is 13.3 Å². The van der Waals surface area contributed by atoms with E-state index in [1.54, 1.807) is 0 Å². The molecule has 0 unspecified atom stereocenters. The Morgan fingerprint density at radius 3 is 1.64 bits per heavy atom. The van der Waals surface area contributed by atoms with Crippen molar-refractivity contribution in [3.63, 3.8) is 0 Å². The van der Waals surface area contributed by atoms with Crippen molar-refractivity contribution in [2.24, 2.45) is 0 Å². The van der Waals surface area contributed by atoms with Crippen LogP contribution in [0.4, 0.5) is 0 Å². The second-order valence-electron chi connectivity index (χ2n) is 3.09. The molecule has 0 aliphatic carbocycles. The van der Waals surface area contributed by atoms with Gasteiger partial charge >= 0.3 is 8.80 Å². The molecule has 0 heterocycles. The van der Waals surface area contributed by atoms with Crippen molar-refractivity contribution in [3.05, 3.63) is 0 Å². The molecule has 0 atom stereocenters. The van der Waals surface area contributed by atoms with Gasteiger partial charge in [0.2, 0.25) is 0 Å². The highest BCUT2D eigenvalue weighted by Crippen LogP contribution is 2.17. The van der Waals surface area contributed by atoms with Crippen LogP contribution in [-0.4, -0.2) is 38.1 Å². The van der Waals surface area contributed by atoms with Crippen LogP contribution < -0.4 is 0 Å². The summed E-state index contributed by atoms with van der Waals surface area (Å²) in [6.07, 6.45) is 0. The van der Waals surface area contributed by atoms with Gasteiger partial charge in [-0.05, 0) is 20.8 Å². The van der Waals surface area contributed by atoms with E-state index >= 15 is 0 Å². The molecule has 86 valence electrons. The van der Waals surface area contributed by atoms with Crippen molar-refractivity contribution >= 4 is 18.3 Å². The van der Waals surface area contributed by atoms with E-state index in [1.165, 1.54) is 6.04 Å². The topological polar surface area (TPSA) is 27.7 Å². The van der Waals surface area contributed by atoms with Crippen LogP contribution in [0.3, 0.4) is 0 Å². The lowest BCUT2D eigenvalue weighted by Gasteiger charge is -2.28. The fourth-order valence-electron chi connectivity index (χ4n) is 1.39. The maximum Gasteiger partial charge on any atom is 0.500 e. The SMILES string of the molecule is CCO[Si](CC[SiH2]C)(OCC)OCC. The molecule has 0 aromatic carbocycles. The number of hydrogen-bond acceptors (Lipinski definition) is 3. The maximum absolute atomic E-state index is 5.73. The van der Waals surface area contributed by atoms with Gasteiger partial charge in [-0.2, -0.15) is 0 Å². The first-order valence-electron chi connectivity index (χ1n) is 5.66. The van der Waals surface area contributed by atoms with Gasteiger partial charge in [0.1, 0.15) is 0 Å². The van der Waals surface area contributed by atoms with Crippen molar-refractivity contribution in [1.82, 2.24) is 0 Å². The highest BCUT2D eigenvalue weighted by Gasteiger charge is 2.39. The second kappa shape index (κ2) is 8.61. The summed E-state index contributed by atoms with van der Waals surface area (Å²) in [5.74, 6) is 0. The largest absolute Gasteiger partial charge is 0.500 e. The summed E-state index contributed by atoms with van der Waals surface area (Å²) in [5.41, 5.74) is 0. The predicted molar refractivity (Wildman–Crippen MR) is 64.7 cm³/mol. The molecule has 3 nitrogen and oxygen atoms in total. The Kier molecular flexibility index (Phi) is 8.80. The third-order valence-corrected chi connectivity index (χ3v) is 6.85. The van der Waals surface area contributed by atoms with E-state index in [0.717, 1.165) is 6.04 Å². The Balaban J connectivity index is 4.21. The Hall–Kier alpha value is 0.314. The van der Waals surface area contributed by atoms with Crippen LogP contribution in [0, 0.1) is 0 Å². The number of rotatable bonds is 9. The normalized spacial score (nSPS) is 12.9. The molecule has 0 saturated carbocycles. The van der Waals surface area contributed by atoms with Crippen LogP contribution >= 0.6 is 0 Å². The van der Waals surface area contributed by atoms with Gasteiger partial charge in [0.15, 0.2) is 0 Å². The molecule has 0 fully saturated rings. The molecular formula is C9H24O3Si2. The van der Waals surface area contributed by atoms with E-state index < -0.39 is 8.80 Å². The van der Waals surface area contributed by atoms with Crippen LogP contribution in [0.5, 0.6) is 0 Å². The van der Waals surface area contributed by atoms with Gasteiger partial charge in [-0.25, -0.2) is 0 Å². The molecule has 0 rings (SSSR count). The molecule has 0 spiro atoms. The zero-order valence-corrected chi connectivity index (χ0v) is 12.4. The maximum atomic E-state index is 5.73. The van der Waals surface area contributed by atoms with Gasteiger partial charge in [0.05, 0.1) is 0 Å². The predicted octanol–water partition coefficient (Wildman–Crippen LogP) is 1.67. The van der Waals surface area contributed by atoms with Gasteiger partial charge in [-0.1, -0.05) is 12.6 Å². The lowest BCUT2D eigenvalue weighted by atomic mass is 10.9. The smallest absolute Gasteiger partial charge is 0.374 e. The monoisotopic (exact) mass is 236 g/mol. The van der Waals surface area contributed by atoms with Crippen molar-refractivity contribution in [3.8, 4) is 0 Å². The third-order valence-electron chi connectivity index (χ3n) is 1.93. The average molecular weight is 236 g/mol.